The van der Waals surface area contributed by atoms with Crippen LogP contribution in [-0.2, 0) is 0 Å². The number of benzene rings is 12. The van der Waals surface area contributed by atoms with Crippen molar-refractivity contribution in [3.05, 3.63) is 247 Å². The van der Waals surface area contributed by atoms with E-state index in [1.165, 1.54) is 92.7 Å². The second kappa shape index (κ2) is 15.3. The minimum Gasteiger partial charge on any atom is -0.309 e. The van der Waals surface area contributed by atoms with Crippen LogP contribution in [0.25, 0.3) is 70.2 Å². The summed E-state index contributed by atoms with van der Waals surface area (Å²) in [5.41, 5.74) is 13.8. The Morgan fingerprint density at radius 2 is 0.569 bits per heavy atom. The van der Waals surface area contributed by atoms with E-state index in [1.807, 2.05) is 0 Å². The Bertz CT molecular complexity index is 3770. The van der Waals surface area contributed by atoms with E-state index in [9.17, 15) is 0 Å². The maximum absolute atomic E-state index is 4.53. The quantitative estimate of drug-likeness (QED) is 0.111. The topological polar surface area (TPSA) is 6.48 Å². The monoisotopic (exact) mass is 830 g/mol. The largest absolute Gasteiger partial charge is 0.309 e. The molecular weight excluding hydrogens is 785 g/mol. The standard InChI is InChI=1S/C63H46N2/c1-40-24-30-44(31-25-40)43(4)45-32-38-49(39-33-45)65(48-36-28-42(3)29-37-48)63-55-19-11-9-17-53(55)61-59-51(21-13-23-57(59)63)50-20-12-22-56-58(50)60(61)52-16-8-10-18-54(52)62(56)64(46-14-6-5-7-15-46)47-34-26-41(2)27-35-47/h5-39H,4H2,1-3H3. The lowest BCUT2D eigenvalue weighted by molar-refractivity contribution is 1.30. The molecule has 0 radical (unpaired) electrons. The van der Waals surface area contributed by atoms with Gasteiger partial charge in [0.25, 0.3) is 0 Å². The third-order valence-corrected chi connectivity index (χ3v) is 13.5. The third-order valence-electron chi connectivity index (χ3n) is 13.5. The zero-order valence-corrected chi connectivity index (χ0v) is 36.8. The molecule has 0 saturated carbocycles. The molecule has 12 aromatic carbocycles. The maximum atomic E-state index is 4.53. The Morgan fingerprint density at radius 1 is 0.277 bits per heavy atom. The highest BCUT2D eigenvalue weighted by Gasteiger charge is 2.27. The van der Waals surface area contributed by atoms with Crippen LogP contribution in [0.3, 0.4) is 0 Å². The van der Waals surface area contributed by atoms with Gasteiger partial charge in [-0.1, -0.05) is 187 Å². The number of aryl methyl sites for hydroxylation is 3. The number of para-hydroxylation sites is 1. The van der Waals surface area contributed by atoms with Crippen molar-refractivity contribution in [3.8, 4) is 0 Å². The molecule has 12 rings (SSSR count). The van der Waals surface area contributed by atoms with Crippen molar-refractivity contribution in [3.63, 3.8) is 0 Å². The number of rotatable bonds is 8. The molecule has 0 aromatic heterocycles. The van der Waals surface area contributed by atoms with E-state index >= 15 is 0 Å². The van der Waals surface area contributed by atoms with Gasteiger partial charge in [-0.15, -0.1) is 0 Å². The fraction of sp³-hybridized carbons (Fsp3) is 0.0476. The van der Waals surface area contributed by atoms with E-state index in [2.05, 4.69) is 249 Å². The molecule has 0 spiro atoms. The highest BCUT2D eigenvalue weighted by molar-refractivity contribution is 6.46. The number of fused-ring (bicyclic) bond motifs is 6. The first-order valence-corrected chi connectivity index (χ1v) is 22.5. The molecule has 0 unspecified atom stereocenters. The van der Waals surface area contributed by atoms with Gasteiger partial charge in [0.1, 0.15) is 0 Å². The van der Waals surface area contributed by atoms with E-state index in [-0.39, 0.29) is 0 Å². The van der Waals surface area contributed by atoms with Gasteiger partial charge in [0.05, 0.1) is 11.4 Å². The molecule has 308 valence electrons. The summed E-state index contributed by atoms with van der Waals surface area (Å²) in [5, 5.41) is 15.0. The number of anilines is 6. The molecule has 0 N–H and O–H groups in total. The lowest BCUT2D eigenvalue weighted by Gasteiger charge is -2.31. The van der Waals surface area contributed by atoms with Gasteiger partial charge in [0, 0.05) is 55.1 Å². The molecule has 0 saturated heterocycles. The molecule has 0 atom stereocenters. The van der Waals surface area contributed by atoms with Gasteiger partial charge in [0.15, 0.2) is 0 Å². The Balaban J connectivity index is 1.18. The van der Waals surface area contributed by atoms with Crippen LogP contribution in [-0.4, -0.2) is 0 Å². The Labute approximate surface area is 379 Å². The molecule has 0 amide bonds. The highest BCUT2D eigenvalue weighted by Crippen LogP contribution is 2.55. The first-order valence-electron chi connectivity index (χ1n) is 22.5. The summed E-state index contributed by atoms with van der Waals surface area (Å²) in [4.78, 5) is 4.93. The second-order valence-electron chi connectivity index (χ2n) is 17.6. The molecule has 2 nitrogen and oxygen atoms in total. The molecule has 0 fully saturated rings. The van der Waals surface area contributed by atoms with E-state index in [0.29, 0.717) is 0 Å². The van der Waals surface area contributed by atoms with E-state index in [1.54, 1.807) is 0 Å². The molecule has 0 aliphatic rings. The van der Waals surface area contributed by atoms with Crippen LogP contribution < -0.4 is 9.80 Å². The molecular formula is C63H46N2. The van der Waals surface area contributed by atoms with Gasteiger partial charge in [0.2, 0.25) is 0 Å². The summed E-state index contributed by atoms with van der Waals surface area (Å²) in [6.45, 7) is 11.0. The summed E-state index contributed by atoms with van der Waals surface area (Å²) in [7, 11) is 0. The van der Waals surface area contributed by atoms with Gasteiger partial charge in [-0.3, -0.25) is 0 Å². The molecule has 65 heavy (non-hydrogen) atoms. The van der Waals surface area contributed by atoms with Crippen molar-refractivity contribution in [2.75, 3.05) is 9.80 Å². The predicted octanol–water partition coefficient (Wildman–Crippen LogP) is 18.0. The van der Waals surface area contributed by atoms with Gasteiger partial charge in [-0.25, -0.2) is 0 Å². The Kier molecular flexibility index (Phi) is 9.03. The molecule has 0 aliphatic heterocycles. The van der Waals surface area contributed by atoms with Gasteiger partial charge in [-0.05, 0) is 118 Å². The fourth-order valence-corrected chi connectivity index (χ4v) is 10.4. The SMILES string of the molecule is C=C(c1ccc(C)cc1)c1ccc(N(c2ccc(C)cc2)c2c3ccccc3c3c4c2cccc4c2cccc4c(N(c5ccccc5)c5ccc(C)cc5)c5ccccc5c3c42)cc1. The van der Waals surface area contributed by atoms with Crippen LogP contribution in [0.1, 0.15) is 27.8 Å². The summed E-state index contributed by atoms with van der Waals surface area (Å²) >= 11 is 0. The normalized spacial score (nSPS) is 11.7. The Hall–Kier alpha value is -8.20. The minimum absolute atomic E-state index is 1.01. The summed E-state index contributed by atoms with van der Waals surface area (Å²) in [6, 6.07) is 78.4. The molecule has 0 aliphatic carbocycles. The van der Waals surface area contributed by atoms with Gasteiger partial charge >= 0.3 is 0 Å². The van der Waals surface area contributed by atoms with Crippen LogP contribution in [0.15, 0.2) is 219 Å². The Morgan fingerprint density at radius 3 is 1.00 bits per heavy atom. The van der Waals surface area contributed by atoms with Crippen molar-refractivity contribution in [1.29, 1.82) is 0 Å². The van der Waals surface area contributed by atoms with Crippen LogP contribution in [0, 0.1) is 20.8 Å². The smallest absolute Gasteiger partial charge is 0.0619 e. The average molecular weight is 831 g/mol. The lowest BCUT2D eigenvalue weighted by atomic mass is 9.83. The zero-order chi connectivity index (χ0) is 43.8. The highest BCUT2D eigenvalue weighted by atomic mass is 15.2. The third kappa shape index (κ3) is 6.17. The number of nitrogens with zero attached hydrogens (tertiary/aromatic N) is 2. The van der Waals surface area contributed by atoms with Crippen molar-refractivity contribution in [2.24, 2.45) is 0 Å². The van der Waals surface area contributed by atoms with Gasteiger partial charge < -0.3 is 9.80 Å². The summed E-state index contributed by atoms with van der Waals surface area (Å²) in [5.74, 6) is 0. The van der Waals surface area contributed by atoms with E-state index < -0.39 is 0 Å². The second-order valence-corrected chi connectivity index (χ2v) is 17.6. The first-order chi connectivity index (χ1) is 31.9. The van der Waals surface area contributed by atoms with E-state index in [0.717, 1.165) is 39.4 Å². The predicted molar refractivity (Wildman–Crippen MR) is 281 cm³/mol. The van der Waals surface area contributed by atoms with Crippen LogP contribution >= 0.6 is 0 Å². The molecule has 12 aromatic rings. The van der Waals surface area contributed by atoms with Crippen LogP contribution in [0.5, 0.6) is 0 Å². The molecule has 0 heterocycles. The van der Waals surface area contributed by atoms with E-state index in [4.69, 9.17) is 0 Å². The molecule has 0 bridgehead atoms. The van der Waals surface area contributed by atoms with Crippen molar-refractivity contribution in [2.45, 2.75) is 20.8 Å². The zero-order valence-electron chi connectivity index (χ0n) is 36.8. The lowest BCUT2D eigenvalue weighted by Crippen LogP contribution is -2.12. The van der Waals surface area contributed by atoms with Crippen molar-refractivity contribution in [1.82, 2.24) is 0 Å². The number of hydrogen-bond acceptors (Lipinski definition) is 2. The summed E-state index contributed by atoms with van der Waals surface area (Å²) < 4.78 is 0. The summed E-state index contributed by atoms with van der Waals surface area (Å²) in [6.07, 6.45) is 0. The number of hydrogen-bond donors (Lipinski definition) is 0. The first kappa shape index (κ1) is 38.5. The van der Waals surface area contributed by atoms with Crippen LogP contribution in [0.4, 0.5) is 34.1 Å². The molecule has 2 heteroatoms. The van der Waals surface area contributed by atoms with Crippen LogP contribution in [0.2, 0.25) is 0 Å². The fourth-order valence-electron chi connectivity index (χ4n) is 10.4. The minimum atomic E-state index is 1.01. The van der Waals surface area contributed by atoms with Crippen molar-refractivity contribution < 1.29 is 0 Å². The van der Waals surface area contributed by atoms with Crippen molar-refractivity contribution >= 4 is 104 Å². The average Bonchev–Trinajstić information content (AvgIpc) is 3.35. The maximum Gasteiger partial charge on any atom is 0.0619 e. The van der Waals surface area contributed by atoms with Gasteiger partial charge in [-0.2, -0.15) is 0 Å².